The number of amides is 1. The highest BCUT2D eigenvalue weighted by Crippen LogP contribution is 2.39. The van der Waals surface area contributed by atoms with Gasteiger partial charge in [-0.1, -0.05) is 43.0 Å². The van der Waals surface area contributed by atoms with Gasteiger partial charge in [-0.05, 0) is 72.9 Å². The molecule has 188 valence electrons. The van der Waals surface area contributed by atoms with Crippen LogP contribution in [0.15, 0.2) is 82.5 Å². The van der Waals surface area contributed by atoms with Gasteiger partial charge >= 0.3 is 0 Å². The van der Waals surface area contributed by atoms with Crippen molar-refractivity contribution in [3.63, 3.8) is 0 Å². The highest BCUT2D eigenvalue weighted by molar-refractivity contribution is 5.99. The van der Waals surface area contributed by atoms with E-state index in [-0.39, 0.29) is 17.1 Å². The summed E-state index contributed by atoms with van der Waals surface area (Å²) in [7, 11) is 1.63. The summed E-state index contributed by atoms with van der Waals surface area (Å²) in [5.41, 5.74) is 4.29. The quantitative estimate of drug-likeness (QED) is 0.290. The first-order valence-electron chi connectivity index (χ1n) is 12.3. The van der Waals surface area contributed by atoms with Crippen LogP contribution in [-0.2, 0) is 6.42 Å². The van der Waals surface area contributed by atoms with Crippen molar-refractivity contribution >= 4 is 16.9 Å². The number of carbonyl (C=O) groups excluding carboxylic acids is 1. The molecular formula is C31H29NO5. The lowest BCUT2D eigenvalue weighted by molar-refractivity contribution is 0.0730. The van der Waals surface area contributed by atoms with Crippen LogP contribution in [0.3, 0.4) is 0 Å². The maximum Gasteiger partial charge on any atom is 0.290 e. The molecular weight excluding hydrogens is 466 g/mol. The Kier molecular flexibility index (Phi) is 6.57. The Hall–Kier alpha value is -4.32. The molecule has 5 rings (SSSR count). The van der Waals surface area contributed by atoms with Gasteiger partial charge < -0.3 is 18.8 Å². The van der Waals surface area contributed by atoms with E-state index in [1.54, 1.807) is 18.1 Å². The monoisotopic (exact) mass is 495 g/mol. The molecule has 0 aliphatic carbocycles. The second kappa shape index (κ2) is 9.97. The predicted octanol–water partition coefficient (Wildman–Crippen LogP) is 5.77. The average molecular weight is 496 g/mol. The Bertz CT molecular complexity index is 1550. The lowest BCUT2D eigenvalue weighted by Gasteiger charge is -2.25. The highest BCUT2D eigenvalue weighted by Gasteiger charge is 2.42. The van der Waals surface area contributed by atoms with Crippen molar-refractivity contribution in [2.24, 2.45) is 0 Å². The molecule has 0 fully saturated rings. The number of nitrogens with zero attached hydrogens (tertiary/aromatic N) is 1. The molecule has 0 saturated carbocycles. The van der Waals surface area contributed by atoms with Crippen LogP contribution in [0.25, 0.3) is 11.0 Å². The number of ether oxygens (including phenoxy) is 2. The average Bonchev–Trinajstić information content (AvgIpc) is 3.17. The molecule has 6 heteroatoms. The molecule has 1 aromatic heterocycles. The molecule has 1 amide bonds. The van der Waals surface area contributed by atoms with Gasteiger partial charge in [-0.3, -0.25) is 9.59 Å². The molecule has 3 aromatic carbocycles. The number of fused-ring (bicyclic) bond motifs is 2. The van der Waals surface area contributed by atoms with Gasteiger partial charge in [-0.25, -0.2) is 0 Å². The van der Waals surface area contributed by atoms with Crippen LogP contribution in [0, 0.1) is 13.8 Å². The molecule has 1 atom stereocenters. The second-order valence-corrected chi connectivity index (χ2v) is 9.30. The highest BCUT2D eigenvalue weighted by atomic mass is 16.5. The predicted molar refractivity (Wildman–Crippen MR) is 144 cm³/mol. The van der Waals surface area contributed by atoms with Crippen LogP contribution in [0.5, 0.6) is 11.5 Å². The molecule has 1 aliphatic heterocycles. The first-order valence-corrected chi connectivity index (χ1v) is 12.3. The number of carbonyl (C=O) groups is 1. The summed E-state index contributed by atoms with van der Waals surface area (Å²) >= 11 is 0. The fourth-order valence-electron chi connectivity index (χ4n) is 5.06. The van der Waals surface area contributed by atoms with Gasteiger partial charge in [-0.2, -0.15) is 0 Å². The van der Waals surface area contributed by atoms with Crippen LogP contribution < -0.4 is 14.9 Å². The number of hydrogen-bond acceptors (Lipinski definition) is 5. The number of benzene rings is 3. The normalized spacial score (nSPS) is 14.6. The van der Waals surface area contributed by atoms with Gasteiger partial charge in [0, 0.05) is 6.54 Å². The third kappa shape index (κ3) is 4.51. The van der Waals surface area contributed by atoms with Crippen molar-refractivity contribution in [1.29, 1.82) is 0 Å². The van der Waals surface area contributed by atoms with Crippen LogP contribution in [-0.4, -0.2) is 31.1 Å². The lowest BCUT2D eigenvalue weighted by Crippen LogP contribution is -2.31. The summed E-state index contributed by atoms with van der Waals surface area (Å²) in [5, 5.41) is 0.512. The summed E-state index contributed by atoms with van der Waals surface area (Å²) < 4.78 is 17.2. The zero-order valence-corrected chi connectivity index (χ0v) is 21.2. The summed E-state index contributed by atoms with van der Waals surface area (Å²) in [6.45, 7) is 8.32. The maximum absolute atomic E-state index is 13.9. The largest absolute Gasteiger partial charge is 0.497 e. The van der Waals surface area contributed by atoms with Crippen molar-refractivity contribution in [2.75, 3.05) is 20.3 Å². The Morgan fingerprint density at radius 1 is 1.03 bits per heavy atom. The summed E-state index contributed by atoms with van der Waals surface area (Å²) in [6, 6.07) is 18.5. The Balaban J connectivity index is 1.62. The SMILES string of the molecule is C=CCOc1cccc(C2c3c(oc4cc(C)cc(C)c4c3=O)C(=O)N2CCc2ccc(OC)cc2)c1. The summed E-state index contributed by atoms with van der Waals surface area (Å²) in [6.07, 6.45) is 2.28. The smallest absolute Gasteiger partial charge is 0.290 e. The van der Waals surface area contributed by atoms with Gasteiger partial charge in [0.15, 0.2) is 5.43 Å². The zero-order chi connectivity index (χ0) is 26.1. The van der Waals surface area contributed by atoms with Crippen LogP contribution in [0.2, 0.25) is 0 Å². The molecule has 0 radical (unpaired) electrons. The van der Waals surface area contributed by atoms with E-state index in [0.29, 0.717) is 41.9 Å². The standard InChI is InChI=1S/C31H29NO5/c1-5-15-36-24-8-6-7-22(18-24)28-27-29(33)26-20(3)16-19(2)17-25(26)37-30(27)31(34)32(28)14-13-21-9-11-23(35-4)12-10-21/h5-12,16-18,28H,1,13-15H2,2-4H3. The molecule has 37 heavy (non-hydrogen) atoms. The number of rotatable bonds is 8. The second-order valence-electron chi connectivity index (χ2n) is 9.30. The molecule has 1 unspecified atom stereocenters. The molecule has 0 N–H and O–H groups in total. The molecule has 0 saturated heterocycles. The van der Waals surface area contributed by atoms with E-state index in [4.69, 9.17) is 13.9 Å². The van der Waals surface area contributed by atoms with Gasteiger partial charge in [0.25, 0.3) is 5.91 Å². The van der Waals surface area contributed by atoms with Crippen molar-refractivity contribution < 1.29 is 18.7 Å². The zero-order valence-electron chi connectivity index (χ0n) is 21.2. The van der Waals surface area contributed by atoms with E-state index in [9.17, 15) is 9.59 Å². The van der Waals surface area contributed by atoms with Crippen LogP contribution in [0.4, 0.5) is 0 Å². The molecule has 1 aliphatic rings. The molecule has 0 bridgehead atoms. The van der Waals surface area contributed by atoms with E-state index < -0.39 is 6.04 Å². The lowest BCUT2D eigenvalue weighted by atomic mass is 9.96. The molecule has 2 heterocycles. The van der Waals surface area contributed by atoms with E-state index in [0.717, 1.165) is 28.0 Å². The maximum atomic E-state index is 13.9. The fourth-order valence-corrected chi connectivity index (χ4v) is 5.06. The number of hydrogen-bond donors (Lipinski definition) is 0. The third-order valence-electron chi connectivity index (χ3n) is 6.75. The summed E-state index contributed by atoms with van der Waals surface area (Å²) in [4.78, 5) is 29.4. The first-order chi connectivity index (χ1) is 17.9. The van der Waals surface area contributed by atoms with Gasteiger partial charge in [0.1, 0.15) is 23.7 Å². The Labute approximate surface area is 215 Å². The van der Waals surface area contributed by atoms with Gasteiger partial charge in [-0.15, -0.1) is 0 Å². The van der Waals surface area contributed by atoms with Crippen molar-refractivity contribution in [3.05, 3.63) is 117 Å². The first kappa shape index (κ1) is 24.4. The minimum atomic E-state index is -0.589. The molecule has 0 spiro atoms. The van der Waals surface area contributed by atoms with Crippen molar-refractivity contribution in [3.8, 4) is 11.5 Å². The molecule has 6 nitrogen and oxygen atoms in total. The summed E-state index contributed by atoms with van der Waals surface area (Å²) in [5.74, 6) is 1.24. The fraction of sp³-hybridized carbons (Fsp3) is 0.226. The number of aryl methyl sites for hydroxylation is 2. The third-order valence-corrected chi connectivity index (χ3v) is 6.75. The van der Waals surface area contributed by atoms with Crippen molar-refractivity contribution in [2.45, 2.75) is 26.3 Å². The van der Waals surface area contributed by atoms with Crippen LogP contribution >= 0.6 is 0 Å². The minimum Gasteiger partial charge on any atom is -0.497 e. The van der Waals surface area contributed by atoms with Crippen molar-refractivity contribution in [1.82, 2.24) is 4.90 Å². The van der Waals surface area contributed by atoms with E-state index in [1.807, 2.05) is 74.5 Å². The Morgan fingerprint density at radius 3 is 2.54 bits per heavy atom. The number of methoxy groups -OCH3 is 1. The van der Waals surface area contributed by atoms with E-state index in [1.165, 1.54) is 0 Å². The van der Waals surface area contributed by atoms with Gasteiger partial charge in [0.2, 0.25) is 5.76 Å². The molecule has 4 aromatic rings. The van der Waals surface area contributed by atoms with Gasteiger partial charge in [0.05, 0.1) is 24.1 Å². The van der Waals surface area contributed by atoms with Crippen LogP contribution in [0.1, 0.15) is 44.4 Å². The minimum absolute atomic E-state index is 0.111. The van der Waals surface area contributed by atoms with E-state index in [2.05, 4.69) is 6.58 Å². The Morgan fingerprint density at radius 2 is 1.81 bits per heavy atom. The van der Waals surface area contributed by atoms with E-state index >= 15 is 0 Å². The topological polar surface area (TPSA) is 69.0 Å².